The molecule has 0 spiro atoms. The zero-order valence-corrected chi connectivity index (χ0v) is 25.7. The number of nitrogens with zero attached hydrogens (tertiary/aromatic N) is 2. The number of carbonyl (C=O) groups excluding carboxylic acids is 1. The summed E-state index contributed by atoms with van der Waals surface area (Å²) in [6, 6.07) is 20.9. The van der Waals surface area contributed by atoms with Gasteiger partial charge in [-0.15, -0.1) is 3.89 Å². The first-order valence-corrected chi connectivity index (χ1v) is 16.0. The van der Waals surface area contributed by atoms with Crippen molar-refractivity contribution < 1.29 is 31.1 Å². The van der Waals surface area contributed by atoms with Crippen LogP contribution in [0.25, 0.3) is 11.1 Å². The maximum absolute atomic E-state index is 14.2. The Kier molecular flexibility index (Phi) is 7.65. The van der Waals surface area contributed by atoms with Crippen molar-refractivity contribution in [1.82, 2.24) is 9.80 Å². The molecule has 2 aliphatic heterocycles. The molecule has 6 rings (SSSR count). The first-order chi connectivity index (χ1) is 20.3. The van der Waals surface area contributed by atoms with Crippen LogP contribution in [0.2, 0.25) is 0 Å². The molecule has 2 saturated heterocycles. The number of rotatable bonds is 6. The van der Waals surface area contributed by atoms with Gasteiger partial charge in [-0.25, -0.2) is 4.79 Å². The molecule has 0 radical (unpaired) electrons. The fraction of sp³-hybridized carbons (Fsp3) is 0.406. The number of hydrogen-bond acceptors (Lipinski definition) is 7. The lowest BCUT2D eigenvalue weighted by Gasteiger charge is -2.34. The highest BCUT2D eigenvalue weighted by Crippen LogP contribution is 2.44. The number of carbonyl (C=O) groups is 1. The van der Waals surface area contributed by atoms with Crippen LogP contribution in [0.4, 0.5) is 8.68 Å². The van der Waals surface area contributed by atoms with Crippen LogP contribution in [0.1, 0.15) is 50.3 Å². The van der Waals surface area contributed by atoms with Crippen LogP contribution >= 0.6 is 0 Å². The highest BCUT2D eigenvalue weighted by Gasteiger charge is 2.52. The predicted octanol–water partition coefficient (Wildman–Crippen LogP) is 4.71. The lowest BCUT2D eigenvalue weighted by molar-refractivity contribution is 0.00578. The number of piperazine rings is 1. The molecular formula is C32H36BFN2O6S. The molecule has 11 heteroatoms. The van der Waals surface area contributed by atoms with E-state index in [9.17, 15) is 17.1 Å². The van der Waals surface area contributed by atoms with Gasteiger partial charge in [0, 0.05) is 38.6 Å². The lowest BCUT2D eigenvalue weighted by atomic mass is 9.78. The van der Waals surface area contributed by atoms with Crippen molar-refractivity contribution in [2.24, 2.45) is 0 Å². The summed E-state index contributed by atoms with van der Waals surface area (Å²) in [6.45, 7) is 10.3. The first kappa shape index (κ1) is 29.8. The second-order valence-electron chi connectivity index (χ2n) is 12.5. The van der Waals surface area contributed by atoms with E-state index in [2.05, 4.69) is 29.2 Å². The quantitative estimate of drug-likeness (QED) is 0.297. The molecule has 0 aromatic heterocycles. The Labute approximate surface area is 253 Å². The molecule has 0 unspecified atom stereocenters. The number of hydrogen-bond donors (Lipinski definition) is 0. The number of ether oxygens (including phenoxy) is 1. The van der Waals surface area contributed by atoms with E-state index < -0.39 is 33.4 Å². The molecule has 3 aromatic rings. The van der Waals surface area contributed by atoms with Crippen LogP contribution in [0, 0.1) is 0 Å². The summed E-state index contributed by atoms with van der Waals surface area (Å²) in [5, 5.41) is 0. The van der Waals surface area contributed by atoms with E-state index in [-0.39, 0.29) is 18.6 Å². The summed E-state index contributed by atoms with van der Waals surface area (Å²) in [4.78, 5) is 16.4. The van der Waals surface area contributed by atoms with Crippen LogP contribution in [-0.2, 0) is 30.8 Å². The van der Waals surface area contributed by atoms with E-state index in [1.807, 2.05) is 52.0 Å². The Morgan fingerprint density at radius 3 is 2.02 bits per heavy atom. The van der Waals surface area contributed by atoms with Crippen molar-refractivity contribution in [3.05, 3.63) is 83.4 Å². The third-order valence-electron chi connectivity index (χ3n) is 9.17. The minimum absolute atomic E-state index is 0.00475. The molecule has 3 aromatic carbocycles. The Hall–Kier alpha value is -3.25. The average molecular weight is 607 g/mol. The SMILES string of the molecule is CC1(C)OB(c2cc(CN3CCN(C(=O)OCC4c5ccccc5-c5ccccc54)CC3)cc(S(=O)(=O)F)c2)OC1(C)C. The van der Waals surface area contributed by atoms with Gasteiger partial charge in [0.2, 0.25) is 0 Å². The van der Waals surface area contributed by atoms with Crippen molar-refractivity contribution in [3.8, 4) is 11.1 Å². The third kappa shape index (κ3) is 5.83. The number of fused-ring (bicyclic) bond motifs is 3. The molecule has 2 heterocycles. The summed E-state index contributed by atoms with van der Waals surface area (Å²) in [5.41, 5.74) is 4.51. The van der Waals surface area contributed by atoms with E-state index in [0.29, 0.717) is 43.8 Å². The fourth-order valence-corrected chi connectivity index (χ4v) is 6.63. The predicted molar refractivity (Wildman–Crippen MR) is 162 cm³/mol. The summed E-state index contributed by atoms with van der Waals surface area (Å²) in [5.74, 6) is -0.00475. The van der Waals surface area contributed by atoms with Crippen molar-refractivity contribution >= 4 is 28.9 Å². The summed E-state index contributed by atoms with van der Waals surface area (Å²) in [7, 11) is -5.77. The molecule has 3 aliphatic rings. The number of amides is 1. The molecule has 43 heavy (non-hydrogen) atoms. The average Bonchev–Trinajstić information content (AvgIpc) is 3.40. The highest BCUT2D eigenvalue weighted by atomic mass is 32.3. The number of halogens is 1. The van der Waals surface area contributed by atoms with E-state index in [0.717, 1.165) is 0 Å². The van der Waals surface area contributed by atoms with E-state index in [1.165, 1.54) is 34.4 Å². The molecule has 0 N–H and O–H groups in total. The molecule has 8 nitrogen and oxygen atoms in total. The van der Waals surface area contributed by atoms with Crippen molar-refractivity contribution in [2.75, 3.05) is 32.8 Å². The van der Waals surface area contributed by atoms with Gasteiger partial charge in [-0.05, 0) is 73.1 Å². The second kappa shape index (κ2) is 11.0. The van der Waals surface area contributed by atoms with Gasteiger partial charge in [0.1, 0.15) is 6.61 Å². The van der Waals surface area contributed by atoms with E-state index in [4.69, 9.17) is 14.0 Å². The smallest absolute Gasteiger partial charge is 0.448 e. The Bertz CT molecular complexity index is 1590. The summed E-state index contributed by atoms with van der Waals surface area (Å²) < 4.78 is 55.9. The molecule has 226 valence electrons. The van der Waals surface area contributed by atoms with Crippen LogP contribution in [0.5, 0.6) is 0 Å². The maximum atomic E-state index is 14.2. The topological polar surface area (TPSA) is 85.4 Å². The zero-order valence-electron chi connectivity index (χ0n) is 24.9. The molecule has 0 saturated carbocycles. The summed E-state index contributed by atoms with van der Waals surface area (Å²) >= 11 is 0. The lowest BCUT2D eigenvalue weighted by Crippen LogP contribution is -2.48. The van der Waals surface area contributed by atoms with Gasteiger partial charge in [-0.1, -0.05) is 54.6 Å². The molecule has 1 amide bonds. The standard InChI is InChI=1S/C32H36BFN2O6S/c1-31(2)32(3,4)42-33(41-31)23-17-22(18-24(19-23)43(34,38)39)20-35-13-15-36(16-14-35)30(37)40-21-29-27-11-7-5-9-25(27)26-10-6-8-12-28(26)29/h5-12,17-19,29H,13-16,20-21H2,1-4H3. The minimum Gasteiger partial charge on any atom is -0.448 e. The zero-order chi connectivity index (χ0) is 30.6. The van der Waals surface area contributed by atoms with Gasteiger partial charge in [0.15, 0.2) is 0 Å². The molecule has 0 atom stereocenters. The second-order valence-corrected chi connectivity index (χ2v) is 13.9. The van der Waals surface area contributed by atoms with Gasteiger partial charge in [0.05, 0.1) is 16.1 Å². The van der Waals surface area contributed by atoms with Gasteiger partial charge >= 0.3 is 23.4 Å². The molecule has 1 aliphatic carbocycles. The van der Waals surface area contributed by atoms with E-state index in [1.54, 1.807) is 11.0 Å². The maximum Gasteiger partial charge on any atom is 0.494 e. The summed E-state index contributed by atoms with van der Waals surface area (Å²) in [6.07, 6.45) is -0.352. The van der Waals surface area contributed by atoms with Gasteiger partial charge < -0.3 is 18.9 Å². The van der Waals surface area contributed by atoms with Gasteiger partial charge in [-0.3, -0.25) is 4.90 Å². The Morgan fingerprint density at radius 1 is 0.907 bits per heavy atom. The Balaban J connectivity index is 1.09. The van der Waals surface area contributed by atoms with Crippen molar-refractivity contribution in [1.29, 1.82) is 0 Å². The van der Waals surface area contributed by atoms with Gasteiger partial charge in [-0.2, -0.15) is 8.42 Å². The fourth-order valence-electron chi connectivity index (χ4n) is 6.07. The number of benzene rings is 3. The largest absolute Gasteiger partial charge is 0.494 e. The van der Waals surface area contributed by atoms with Crippen molar-refractivity contribution in [2.45, 2.75) is 56.3 Å². The van der Waals surface area contributed by atoms with Crippen molar-refractivity contribution in [3.63, 3.8) is 0 Å². The molecule has 2 fully saturated rings. The van der Waals surface area contributed by atoms with Crippen LogP contribution in [0.3, 0.4) is 0 Å². The minimum atomic E-state index is -4.95. The molecular weight excluding hydrogens is 570 g/mol. The normalized spacial score (nSPS) is 19.7. The molecule has 0 bridgehead atoms. The monoisotopic (exact) mass is 606 g/mol. The van der Waals surface area contributed by atoms with Gasteiger partial charge in [0.25, 0.3) is 0 Å². The third-order valence-corrected chi connectivity index (χ3v) is 9.97. The Morgan fingerprint density at radius 2 is 1.47 bits per heavy atom. The van der Waals surface area contributed by atoms with E-state index >= 15 is 0 Å². The highest BCUT2D eigenvalue weighted by molar-refractivity contribution is 7.86. The van der Waals surface area contributed by atoms with Crippen LogP contribution < -0.4 is 5.46 Å². The van der Waals surface area contributed by atoms with Crippen LogP contribution in [-0.4, -0.2) is 75.4 Å². The first-order valence-electron chi connectivity index (χ1n) is 14.6. The van der Waals surface area contributed by atoms with Crippen LogP contribution in [0.15, 0.2) is 71.6 Å².